The van der Waals surface area contributed by atoms with Gasteiger partial charge in [0.05, 0.1) is 10.9 Å². The fraction of sp³-hybridized carbons (Fsp3) is 0.857. The second-order valence-electron chi connectivity index (χ2n) is 5.56. The summed E-state index contributed by atoms with van der Waals surface area (Å²) in [7, 11) is 0. The Morgan fingerprint density at radius 2 is 2.11 bits per heavy atom. The van der Waals surface area contributed by atoms with E-state index in [1.807, 2.05) is 6.92 Å². The standard InChI is InChI=1S/C14H26N2OS/c1-3-5-12(13(15)18)14(17)16-11-7-4-6-10(2)8-9-11/h10-12H,3-9H2,1-2H3,(H2,15,18)(H,16,17). The summed E-state index contributed by atoms with van der Waals surface area (Å²) in [5.41, 5.74) is 5.65. The number of rotatable bonds is 5. The second kappa shape index (κ2) is 7.72. The van der Waals surface area contributed by atoms with Crippen LogP contribution in [0.25, 0.3) is 0 Å². The summed E-state index contributed by atoms with van der Waals surface area (Å²) in [5, 5.41) is 3.14. The summed E-state index contributed by atoms with van der Waals surface area (Å²) in [5.74, 6) is 0.531. The molecule has 4 heteroatoms. The minimum atomic E-state index is -0.286. The smallest absolute Gasteiger partial charge is 0.230 e. The molecule has 1 aliphatic carbocycles. The molecule has 1 amide bonds. The molecule has 3 unspecified atom stereocenters. The molecular weight excluding hydrogens is 244 g/mol. The monoisotopic (exact) mass is 270 g/mol. The first-order valence-electron chi connectivity index (χ1n) is 7.14. The molecule has 0 radical (unpaired) electrons. The van der Waals surface area contributed by atoms with Crippen molar-refractivity contribution in [3.63, 3.8) is 0 Å². The number of hydrogen-bond acceptors (Lipinski definition) is 2. The van der Waals surface area contributed by atoms with Crippen molar-refractivity contribution in [2.45, 2.75) is 64.8 Å². The summed E-state index contributed by atoms with van der Waals surface area (Å²) in [6, 6.07) is 0.316. The maximum Gasteiger partial charge on any atom is 0.230 e. The van der Waals surface area contributed by atoms with Crippen LogP contribution >= 0.6 is 12.2 Å². The van der Waals surface area contributed by atoms with E-state index in [1.165, 1.54) is 19.3 Å². The largest absolute Gasteiger partial charge is 0.393 e. The van der Waals surface area contributed by atoms with E-state index in [1.54, 1.807) is 0 Å². The molecule has 1 saturated carbocycles. The number of carbonyl (C=O) groups is 1. The van der Waals surface area contributed by atoms with E-state index in [-0.39, 0.29) is 11.8 Å². The number of nitrogens with one attached hydrogen (secondary N) is 1. The Morgan fingerprint density at radius 3 is 2.72 bits per heavy atom. The number of hydrogen-bond donors (Lipinski definition) is 2. The van der Waals surface area contributed by atoms with Gasteiger partial charge in [-0.3, -0.25) is 4.79 Å². The molecule has 18 heavy (non-hydrogen) atoms. The average molecular weight is 270 g/mol. The van der Waals surface area contributed by atoms with Gasteiger partial charge in [-0.1, -0.05) is 45.3 Å². The number of carbonyl (C=O) groups excluding carboxylic acids is 1. The molecule has 104 valence electrons. The lowest BCUT2D eigenvalue weighted by molar-refractivity contribution is -0.124. The van der Waals surface area contributed by atoms with Crippen molar-refractivity contribution in [1.29, 1.82) is 0 Å². The van der Waals surface area contributed by atoms with E-state index < -0.39 is 0 Å². The molecule has 1 fully saturated rings. The first kappa shape index (κ1) is 15.4. The van der Waals surface area contributed by atoms with E-state index in [9.17, 15) is 4.79 Å². The van der Waals surface area contributed by atoms with Gasteiger partial charge < -0.3 is 11.1 Å². The molecule has 1 aliphatic rings. The Kier molecular flexibility index (Phi) is 6.61. The summed E-state index contributed by atoms with van der Waals surface area (Å²) in [6.07, 6.45) is 7.55. The summed E-state index contributed by atoms with van der Waals surface area (Å²) < 4.78 is 0. The van der Waals surface area contributed by atoms with E-state index in [2.05, 4.69) is 12.2 Å². The Labute approximate surface area is 116 Å². The fourth-order valence-corrected chi connectivity index (χ4v) is 2.85. The van der Waals surface area contributed by atoms with Gasteiger partial charge in [0.15, 0.2) is 0 Å². The lowest BCUT2D eigenvalue weighted by atomic mass is 10.0. The van der Waals surface area contributed by atoms with Gasteiger partial charge in [0, 0.05) is 6.04 Å². The number of thiocarbonyl (C=S) groups is 1. The Bertz CT molecular complexity index is 294. The minimum Gasteiger partial charge on any atom is -0.393 e. The first-order valence-corrected chi connectivity index (χ1v) is 7.55. The molecule has 0 aromatic carbocycles. The first-order chi connectivity index (χ1) is 8.54. The van der Waals surface area contributed by atoms with Gasteiger partial charge in [0.25, 0.3) is 0 Å². The Balaban J connectivity index is 2.49. The van der Waals surface area contributed by atoms with Crippen LogP contribution in [0.3, 0.4) is 0 Å². The van der Waals surface area contributed by atoms with E-state index in [0.717, 1.165) is 31.6 Å². The minimum absolute atomic E-state index is 0.0314. The third-order valence-electron chi connectivity index (χ3n) is 3.84. The van der Waals surface area contributed by atoms with Gasteiger partial charge in [-0.15, -0.1) is 0 Å². The van der Waals surface area contributed by atoms with Crippen LogP contribution in [0.1, 0.15) is 58.8 Å². The van der Waals surface area contributed by atoms with Crippen molar-refractivity contribution in [2.24, 2.45) is 17.6 Å². The molecule has 3 N–H and O–H groups in total. The highest BCUT2D eigenvalue weighted by Gasteiger charge is 2.24. The van der Waals surface area contributed by atoms with E-state index in [0.29, 0.717) is 11.0 Å². The molecule has 0 aliphatic heterocycles. The quantitative estimate of drug-likeness (QED) is 0.596. The molecule has 0 aromatic rings. The van der Waals surface area contributed by atoms with Crippen LogP contribution in [-0.4, -0.2) is 16.9 Å². The van der Waals surface area contributed by atoms with E-state index >= 15 is 0 Å². The van der Waals surface area contributed by atoms with Crippen LogP contribution in [0.4, 0.5) is 0 Å². The van der Waals surface area contributed by atoms with Crippen molar-refractivity contribution in [3.8, 4) is 0 Å². The number of amides is 1. The normalized spacial score (nSPS) is 26.1. The van der Waals surface area contributed by atoms with Gasteiger partial charge in [0.2, 0.25) is 5.91 Å². The van der Waals surface area contributed by atoms with Crippen LogP contribution in [0.15, 0.2) is 0 Å². The van der Waals surface area contributed by atoms with Crippen LogP contribution < -0.4 is 11.1 Å². The molecule has 0 saturated heterocycles. The van der Waals surface area contributed by atoms with Gasteiger partial charge >= 0.3 is 0 Å². The predicted octanol–water partition coefficient (Wildman–Crippen LogP) is 2.77. The topological polar surface area (TPSA) is 55.1 Å². The van der Waals surface area contributed by atoms with Gasteiger partial charge in [-0.25, -0.2) is 0 Å². The zero-order valence-electron chi connectivity index (χ0n) is 11.6. The van der Waals surface area contributed by atoms with Crippen molar-refractivity contribution < 1.29 is 4.79 Å². The molecule has 3 nitrogen and oxygen atoms in total. The highest BCUT2D eigenvalue weighted by molar-refractivity contribution is 7.80. The molecule has 0 bridgehead atoms. The highest BCUT2D eigenvalue weighted by Crippen LogP contribution is 2.23. The maximum absolute atomic E-state index is 12.2. The van der Waals surface area contributed by atoms with Crippen LogP contribution in [-0.2, 0) is 4.79 Å². The van der Waals surface area contributed by atoms with Gasteiger partial charge in [-0.05, 0) is 31.6 Å². The second-order valence-corrected chi connectivity index (χ2v) is 6.03. The van der Waals surface area contributed by atoms with E-state index in [4.69, 9.17) is 18.0 Å². The highest BCUT2D eigenvalue weighted by atomic mass is 32.1. The molecule has 0 spiro atoms. The molecular formula is C14H26N2OS. The lowest BCUT2D eigenvalue weighted by Crippen LogP contribution is -2.42. The maximum atomic E-state index is 12.2. The summed E-state index contributed by atoms with van der Waals surface area (Å²) in [6.45, 7) is 4.34. The zero-order chi connectivity index (χ0) is 13.5. The Hall–Kier alpha value is -0.640. The van der Waals surface area contributed by atoms with Crippen LogP contribution in [0, 0.1) is 11.8 Å². The number of nitrogens with two attached hydrogens (primary N) is 1. The average Bonchev–Trinajstić information content (AvgIpc) is 2.51. The molecule has 0 aromatic heterocycles. The van der Waals surface area contributed by atoms with Crippen LogP contribution in [0.2, 0.25) is 0 Å². The van der Waals surface area contributed by atoms with Crippen LogP contribution in [0.5, 0.6) is 0 Å². The SMILES string of the molecule is CCCC(C(=O)NC1CCCC(C)CC1)C(N)=S. The van der Waals surface area contributed by atoms with Gasteiger partial charge in [0.1, 0.15) is 0 Å². The molecule has 0 heterocycles. The molecule has 1 rings (SSSR count). The van der Waals surface area contributed by atoms with Crippen molar-refractivity contribution in [1.82, 2.24) is 5.32 Å². The van der Waals surface area contributed by atoms with Crippen molar-refractivity contribution in [2.75, 3.05) is 0 Å². The van der Waals surface area contributed by atoms with Crippen molar-refractivity contribution in [3.05, 3.63) is 0 Å². The predicted molar refractivity (Wildman–Crippen MR) is 79.4 cm³/mol. The van der Waals surface area contributed by atoms with Crippen molar-refractivity contribution >= 4 is 23.1 Å². The summed E-state index contributed by atoms with van der Waals surface area (Å²) in [4.78, 5) is 12.5. The lowest BCUT2D eigenvalue weighted by Gasteiger charge is -2.21. The fourth-order valence-electron chi connectivity index (χ4n) is 2.62. The summed E-state index contributed by atoms with van der Waals surface area (Å²) >= 11 is 4.99. The zero-order valence-corrected chi connectivity index (χ0v) is 12.4. The third kappa shape index (κ3) is 4.92. The van der Waals surface area contributed by atoms with Gasteiger partial charge in [-0.2, -0.15) is 0 Å². The third-order valence-corrected chi connectivity index (χ3v) is 4.13. The Morgan fingerprint density at radius 1 is 1.39 bits per heavy atom. The molecule has 3 atom stereocenters.